The summed E-state index contributed by atoms with van der Waals surface area (Å²) < 4.78 is 29.6. The lowest BCUT2D eigenvalue weighted by molar-refractivity contribution is -0.117. The van der Waals surface area contributed by atoms with Gasteiger partial charge in [0.1, 0.15) is 12.4 Å². The predicted octanol–water partition coefficient (Wildman–Crippen LogP) is 1.52. The first kappa shape index (κ1) is 13.2. The lowest BCUT2D eigenvalue weighted by Gasteiger charge is -2.11. The molecule has 1 saturated heterocycles. The van der Waals surface area contributed by atoms with Crippen LogP contribution in [0, 0.1) is 6.92 Å². The Morgan fingerprint density at radius 1 is 1.28 bits per heavy atom. The molecule has 98 valence electrons. The quantitative estimate of drug-likeness (QED) is 0.777. The molecular formula is C13H16O4S. The van der Waals surface area contributed by atoms with Crippen molar-refractivity contribution in [3.63, 3.8) is 0 Å². The predicted molar refractivity (Wildman–Crippen MR) is 67.2 cm³/mol. The van der Waals surface area contributed by atoms with Crippen LogP contribution in [0.2, 0.25) is 0 Å². The van der Waals surface area contributed by atoms with E-state index in [1.807, 2.05) is 6.92 Å². The van der Waals surface area contributed by atoms with Gasteiger partial charge in [-0.2, -0.15) is 0 Å². The molecule has 2 atom stereocenters. The normalized spacial score (nSPS) is 24.1. The largest absolute Gasteiger partial charge is 0.366 e. The first-order valence-electron chi connectivity index (χ1n) is 5.91. The molecule has 0 spiro atoms. The number of ether oxygens (including phenoxy) is 1. The van der Waals surface area contributed by atoms with Crippen LogP contribution in [0.5, 0.6) is 0 Å². The lowest BCUT2D eigenvalue weighted by Crippen LogP contribution is -2.22. The van der Waals surface area contributed by atoms with Crippen molar-refractivity contribution in [2.45, 2.75) is 36.9 Å². The fourth-order valence-corrected chi connectivity index (χ4v) is 3.52. The molecule has 0 N–H and O–H groups in total. The van der Waals surface area contributed by atoms with Gasteiger partial charge in [-0.3, -0.25) is 0 Å². The highest BCUT2D eigenvalue weighted by atomic mass is 32.2. The zero-order valence-corrected chi connectivity index (χ0v) is 11.0. The van der Waals surface area contributed by atoms with E-state index in [2.05, 4.69) is 0 Å². The molecule has 0 aliphatic carbocycles. The van der Waals surface area contributed by atoms with Gasteiger partial charge in [0.25, 0.3) is 0 Å². The summed E-state index contributed by atoms with van der Waals surface area (Å²) in [4.78, 5) is 10.9. The molecule has 4 nitrogen and oxygen atoms in total. The summed E-state index contributed by atoms with van der Waals surface area (Å²) in [6.07, 6.45) is 1.15. The third kappa shape index (κ3) is 2.97. The monoisotopic (exact) mass is 268 g/mol. The van der Waals surface area contributed by atoms with Crippen molar-refractivity contribution in [1.82, 2.24) is 0 Å². The summed E-state index contributed by atoms with van der Waals surface area (Å²) in [5.74, 6) is -0.0552. The van der Waals surface area contributed by atoms with Gasteiger partial charge in [-0.25, -0.2) is 8.42 Å². The van der Waals surface area contributed by atoms with E-state index in [1.165, 1.54) is 0 Å². The average molecular weight is 268 g/mol. The summed E-state index contributed by atoms with van der Waals surface area (Å²) >= 11 is 0. The zero-order valence-electron chi connectivity index (χ0n) is 10.2. The molecule has 0 bridgehead atoms. The Bertz CT molecular complexity index is 518. The van der Waals surface area contributed by atoms with E-state index in [0.29, 0.717) is 17.7 Å². The molecule has 0 amide bonds. The Hall–Kier alpha value is -1.20. The second-order valence-corrected chi connectivity index (χ2v) is 6.64. The van der Waals surface area contributed by atoms with Crippen LogP contribution < -0.4 is 0 Å². The Morgan fingerprint density at radius 3 is 2.50 bits per heavy atom. The highest BCUT2D eigenvalue weighted by Gasteiger charge is 2.29. The molecular weight excluding hydrogens is 252 g/mol. The second kappa shape index (κ2) is 5.20. The van der Waals surface area contributed by atoms with Crippen molar-refractivity contribution < 1.29 is 17.9 Å². The number of carbonyl (C=O) groups excluding carboxylic acids is 1. The fourth-order valence-electron chi connectivity index (χ4n) is 2.04. The molecule has 0 aromatic heterocycles. The van der Waals surface area contributed by atoms with Crippen molar-refractivity contribution in [3.05, 3.63) is 29.8 Å². The van der Waals surface area contributed by atoms with E-state index in [0.717, 1.165) is 11.8 Å². The Kier molecular flexibility index (Phi) is 3.82. The molecule has 18 heavy (non-hydrogen) atoms. The van der Waals surface area contributed by atoms with Crippen LogP contribution in [-0.4, -0.2) is 32.7 Å². The van der Waals surface area contributed by atoms with E-state index in [9.17, 15) is 13.2 Å². The fraction of sp³-hybridized carbons (Fsp3) is 0.462. The van der Waals surface area contributed by atoms with E-state index in [4.69, 9.17) is 4.74 Å². The van der Waals surface area contributed by atoms with E-state index in [-0.39, 0.29) is 11.9 Å². The van der Waals surface area contributed by atoms with Crippen LogP contribution in [0.1, 0.15) is 18.4 Å². The van der Waals surface area contributed by atoms with Gasteiger partial charge in [0.15, 0.2) is 9.84 Å². The molecule has 1 unspecified atom stereocenters. The average Bonchev–Trinajstić information content (AvgIpc) is 2.76. The molecule has 1 aromatic carbocycles. The van der Waals surface area contributed by atoms with Crippen LogP contribution in [0.4, 0.5) is 0 Å². The van der Waals surface area contributed by atoms with E-state index < -0.39 is 15.9 Å². The first-order chi connectivity index (χ1) is 8.51. The van der Waals surface area contributed by atoms with Crippen LogP contribution in [0.25, 0.3) is 0 Å². The SMILES string of the molecule is Cc1ccc(S(=O)(=O)C[C@H]2CCC(C=O)O2)cc1. The van der Waals surface area contributed by atoms with Gasteiger partial charge in [0.05, 0.1) is 16.8 Å². The minimum atomic E-state index is -3.33. The third-order valence-corrected chi connectivity index (χ3v) is 4.88. The highest BCUT2D eigenvalue weighted by Crippen LogP contribution is 2.22. The maximum atomic E-state index is 12.1. The van der Waals surface area contributed by atoms with Gasteiger partial charge in [0, 0.05) is 0 Å². The number of sulfone groups is 1. The van der Waals surface area contributed by atoms with Crippen LogP contribution in [0.3, 0.4) is 0 Å². The number of benzene rings is 1. The molecule has 1 aliphatic heterocycles. The molecule has 2 rings (SSSR count). The van der Waals surface area contributed by atoms with Crippen molar-refractivity contribution in [3.8, 4) is 0 Å². The van der Waals surface area contributed by atoms with Gasteiger partial charge in [0.2, 0.25) is 0 Å². The molecule has 1 aliphatic rings. The van der Waals surface area contributed by atoms with Crippen LogP contribution >= 0.6 is 0 Å². The smallest absolute Gasteiger partial charge is 0.180 e. The van der Waals surface area contributed by atoms with Crippen molar-refractivity contribution in [2.75, 3.05) is 5.75 Å². The summed E-state index contributed by atoms with van der Waals surface area (Å²) in [7, 11) is -3.33. The topological polar surface area (TPSA) is 60.4 Å². The Morgan fingerprint density at radius 2 is 1.94 bits per heavy atom. The number of hydrogen-bond acceptors (Lipinski definition) is 4. The molecule has 1 aromatic rings. The Labute approximate surface area is 107 Å². The number of carbonyl (C=O) groups is 1. The summed E-state index contributed by atoms with van der Waals surface area (Å²) in [5, 5.41) is 0. The van der Waals surface area contributed by atoms with Crippen molar-refractivity contribution in [1.29, 1.82) is 0 Å². The van der Waals surface area contributed by atoms with Gasteiger partial charge in [-0.1, -0.05) is 17.7 Å². The number of aldehydes is 1. The standard InChI is InChI=1S/C13H16O4S/c1-10-2-6-13(7-3-10)18(15,16)9-12-5-4-11(8-14)17-12/h2-3,6-8,11-12H,4-5,9H2,1H3/t11?,12-/m1/s1. The Balaban J connectivity index is 2.08. The molecule has 1 heterocycles. The van der Waals surface area contributed by atoms with Crippen LogP contribution in [-0.2, 0) is 19.4 Å². The molecule has 0 radical (unpaired) electrons. The van der Waals surface area contributed by atoms with E-state index in [1.54, 1.807) is 24.3 Å². The molecule has 0 saturated carbocycles. The van der Waals surface area contributed by atoms with Crippen molar-refractivity contribution in [2.24, 2.45) is 0 Å². The van der Waals surface area contributed by atoms with Crippen LogP contribution in [0.15, 0.2) is 29.2 Å². The summed E-state index contributed by atoms with van der Waals surface area (Å²) in [6.45, 7) is 1.91. The number of rotatable bonds is 4. The third-order valence-electron chi connectivity index (χ3n) is 3.08. The maximum Gasteiger partial charge on any atom is 0.180 e. The summed E-state index contributed by atoms with van der Waals surface area (Å²) in [5.41, 5.74) is 1.02. The summed E-state index contributed by atoms with van der Waals surface area (Å²) in [6, 6.07) is 6.76. The molecule has 1 fully saturated rings. The van der Waals surface area contributed by atoms with Gasteiger partial charge < -0.3 is 9.53 Å². The minimum absolute atomic E-state index is 0.0552. The number of hydrogen-bond donors (Lipinski definition) is 0. The number of aryl methyl sites for hydroxylation is 1. The maximum absolute atomic E-state index is 12.1. The lowest BCUT2D eigenvalue weighted by atomic mass is 10.2. The zero-order chi connectivity index (χ0) is 13.2. The highest BCUT2D eigenvalue weighted by molar-refractivity contribution is 7.91. The van der Waals surface area contributed by atoms with Gasteiger partial charge in [-0.05, 0) is 31.9 Å². The first-order valence-corrected chi connectivity index (χ1v) is 7.56. The minimum Gasteiger partial charge on any atom is -0.366 e. The molecule has 5 heteroatoms. The van der Waals surface area contributed by atoms with E-state index >= 15 is 0 Å². The second-order valence-electron chi connectivity index (χ2n) is 4.60. The van der Waals surface area contributed by atoms with Gasteiger partial charge >= 0.3 is 0 Å². The van der Waals surface area contributed by atoms with Crippen molar-refractivity contribution >= 4 is 16.1 Å². The van der Waals surface area contributed by atoms with Gasteiger partial charge in [-0.15, -0.1) is 0 Å².